The van der Waals surface area contributed by atoms with Gasteiger partial charge in [0.2, 0.25) is 0 Å². The Morgan fingerprint density at radius 2 is 2.10 bits per heavy atom. The number of nitrogens with zero attached hydrogens (tertiary/aromatic N) is 1. The van der Waals surface area contributed by atoms with Gasteiger partial charge in [-0.1, -0.05) is 6.07 Å². The maximum atomic E-state index is 12.3. The molecule has 1 unspecified atom stereocenters. The van der Waals surface area contributed by atoms with Gasteiger partial charge >= 0.3 is 6.18 Å². The van der Waals surface area contributed by atoms with Gasteiger partial charge in [0, 0.05) is 11.6 Å². The molecule has 108 valence electrons. The molecule has 0 spiro atoms. The molecule has 7 heteroatoms. The zero-order valence-corrected chi connectivity index (χ0v) is 10.6. The zero-order valence-electron chi connectivity index (χ0n) is 10.6. The number of aliphatic hydroxyl groups excluding tert-OH is 1. The molecule has 0 aliphatic heterocycles. The van der Waals surface area contributed by atoms with Crippen LogP contribution >= 0.6 is 0 Å². The van der Waals surface area contributed by atoms with E-state index >= 15 is 0 Å². The minimum Gasteiger partial charge on any atom is -0.497 e. The number of hydrogen-bond donors (Lipinski definition) is 2. The average Bonchev–Trinajstić information content (AvgIpc) is 2.43. The molecule has 1 atom stereocenters. The van der Waals surface area contributed by atoms with E-state index in [2.05, 4.69) is 10.3 Å². The smallest absolute Gasteiger partial charge is 0.416 e. The Balaban J connectivity index is 2.25. The second-order valence-corrected chi connectivity index (χ2v) is 4.18. The van der Waals surface area contributed by atoms with E-state index in [1.165, 1.54) is 13.3 Å². The molecule has 0 saturated carbocycles. The molecule has 0 aliphatic carbocycles. The standard InChI is InChI=1S/C13H13F3N2O2/c1-20-9-3-2-8-4-5-17-12(10(8)6-9)18-7-11(19)13(14,15)16/h2-6,11,19H,7H2,1H3,(H,17,18). The van der Waals surface area contributed by atoms with Crippen LogP contribution in [0.25, 0.3) is 10.8 Å². The van der Waals surface area contributed by atoms with Gasteiger partial charge < -0.3 is 15.2 Å². The molecule has 1 aromatic heterocycles. The lowest BCUT2D eigenvalue weighted by Gasteiger charge is -2.16. The number of pyridine rings is 1. The third kappa shape index (κ3) is 3.11. The SMILES string of the molecule is COc1ccc2ccnc(NCC(O)C(F)(F)F)c2c1. The third-order valence-corrected chi connectivity index (χ3v) is 2.81. The molecular formula is C13H13F3N2O2. The highest BCUT2D eigenvalue weighted by Gasteiger charge is 2.37. The number of hydrogen-bond acceptors (Lipinski definition) is 4. The second-order valence-electron chi connectivity index (χ2n) is 4.18. The molecular weight excluding hydrogens is 273 g/mol. The average molecular weight is 286 g/mol. The van der Waals surface area contributed by atoms with E-state index in [1.54, 1.807) is 24.3 Å². The summed E-state index contributed by atoms with van der Waals surface area (Å²) in [5.41, 5.74) is 0. The van der Waals surface area contributed by atoms with Gasteiger partial charge in [-0.05, 0) is 23.6 Å². The number of rotatable bonds is 4. The topological polar surface area (TPSA) is 54.4 Å². The van der Waals surface area contributed by atoms with Gasteiger partial charge in [-0.25, -0.2) is 4.98 Å². The molecule has 4 nitrogen and oxygen atoms in total. The number of alkyl halides is 3. The largest absolute Gasteiger partial charge is 0.497 e. The lowest BCUT2D eigenvalue weighted by molar-refractivity contribution is -0.198. The Kier molecular flexibility index (Phi) is 3.99. The summed E-state index contributed by atoms with van der Waals surface area (Å²) >= 11 is 0. The first-order chi connectivity index (χ1) is 9.41. The maximum absolute atomic E-state index is 12.3. The number of aliphatic hydroxyl groups is 1. The number of nitrogens with one attached hydrogen (secondary N) is 1. The fourth-order valence-corrected chi connectivity index (χ4v) is 1.72. The van der Waals surface area contributed by atoms with E-state index in [1.807, 2.05) is 0 Å². The van der Waals surface area contributed by atoms with Crippen LogP contribution < -0.4 is 10.1 Å². The van der Waals surface area contributed by atoms with E-state index in [0.717, 1.165) is 5.39 Å². The maximum Gasteiger partial charge on any atom is 0.416 e. The number of fused-ring (bicyclic) bond motifs is 1. The van der Waals surface area contributed by atoms with Crippen LogP contribution in [0.1, 0.15) is 0 Å². The van der Waals surface area contributed by atoms with Crippen LogP contribution in [0.5, 0.6) is 5.75 Å². The normalized spacial score (nSPS) is 13.2. The Morgan fingerprint density at radius 1 is 1.35 bits per heavy atom. The van der Waals surface area contributed by atoms with Gasteiger partial charge in [-0.3, -0.25) is 0 Å². The molecule has 2 rings (SSSR count). The molecule has 0 bridgehead atoms. The summed E-state index contributed by atoms with van der Waals surface area (Å²) in [6.45, 7) is -0.660. The first-order valence-corrected chi connectivity index (χ1v) is 5.83. The molecule has 0 radical (unpaired) electrons. The number of methoxy groups -OCH3 is 1. The van der Waals surface area contributed by atoms with E-state index in [4.69, 9.17) is 9.84 Å². The van der Waals surface area contributed by atoms with Crippen LogP contribution in [0, 0.1) is 0 Å². The fraction of sp³-hybridized carbons (Fsp3) is 0.308. The highest BCUT2D eigenvalue weighted by molar-refractivity contribution is 5.92. The summed E-state index contributed by atoms with van der Waals surface area (Å²) in [5, 5.41) is 12.9. The van der Waals surface area contributed by atoms with Crippen molar-refractivity contribution in [3.63, 3.8) is 0 Å². The van der Waals surface area contributed by atoms with Gasteiger partial charge in [-0.2, -0.15) is 13.2 Å². The van der Waals surface area contributed by atoms with Gasteiger partial charge in [0.1, 0.15) is 11.6 Å². The highest BCUT2D eigenvalue weighted by Crippen LogP contribution is 2.26. The van der Waals surface area contributed by atoms with Crippen molar-refractivity contribution in [3.8, 4) is 5.75 Å². The van der Waals surface area contributed by atoms with Crippen molar-refractivity contribution in [3.05, 3.63) is 30.5 Å². The molecule has 2 aromatic rings. The number of benzene rings is 1. The van der Waals surface area contributed by atoms with E-state index in [0.29, 0.717) is 11.1 Å². The first kappa shape index (κ1) is 14.4. The van der Waals surface area contributed by atoms with Crippen molar-refractivity contribution in [2.45, 2.75) is 12.3 Å². The van der Waals surface area contributed by atoms with Crippen LogP contribution in [0.3, 0.4) is 0 Å². The number of halogens is 3. The molecule has 0 fully saturated rings. The van der Waals surface area contributed by atoms with Gasteiger partial charge in [0.15, 0.2) is 6.10 Å². The fourth-order valence-electron chi connectivity index (χ4n) is 1.72. The summed E-state index contributed by atoms with van der Waals surface area (Å²) in [7, 11) is 1.50. The van der Waals surface area contributed by atoms with Crippen molar-refractivity contribution in [1.29, 1.82) is 0 Å². The van der Waals surface area contributed by atoms with Crippen molar-refractivity contribution in [1.82, 2.24) is 4.98 Å². The summed E-state index contributed by atoms with van der Waals surface area (Å²) < 4.78 is 41.8. The van der Waals surface area contributed by atoms with Crippen LogP contribution in [-0.4, -0.2) is 36.0 Å². The zero-order chi connectivity index (χ0) is 14.8. The first-order valence-electron chi connectivity index (χ1n) is 5.83. The monoisotopic (exact) mass is 286 g/mol. The predicted molar refractivity (Wildman–Crippen MR) is 68.8 cm³/mol. The summed E-state index contributed by atoms with van der Waals surface area (Å²) in [6, 6.07) is 6.93. The summed E-state index contributed by atoms with van der Waals surface area (Å²) in [4.78, 5) is 3.99. The Hall–Kier alpha value is -2.02. The second kappa shape index (κ2) is 5.54. The Morgan fingerprint density at radius 3 is 2.75 bits per heavy atom. The third-order valence-electron chi connectivity index (χ3n) is 2.81. The molecule has 0 amide bonds. The number of anilines is 1. The predicted octanol–water partition coefficient (Wildman–Crippen LogP) is 2.58. The van der Waals surface area contributed by atoms with Gasteiger partial charge in [-0.15, -0.1) is 0 Å². The highest BCUT2D eigenvalue weighted by atomic mass is 19.4. The molecule has 1 aromatic carbocycles. The minimum absolute atomic E-state index is 0.268. The number of aromatic nitrogens is 1. The van der Waals surface area contributed by atoms with Crippen molar-refractivity contribution in [2.75, 3.05) is 19.0 Å². The van der Waals surface area contributed by atoms with E-state index in [-0.39, 0.29) is 5.82 Å². The Labute approximate surface area is 113 Å². The molecule has 2 N–H and O–H groups in total. The van der Waals surface area contributed by atoms with Crippen LogP contribution in [0.2, 0.25) is 0 Å². The lowest BCUT2D eigenvalue weighted by atomic mass is 10.1. The molecule has 0 saturated heterocycles. The molecule has 0 aliphatic rings. The van der Waals surface area contributed by atoms with Crippen molar-refractivity contribution in [2.24, 2.45) is 0 Å². The van der Waals surface area contributed by atoms with Crippen LogP contribution in [0.15, 0.2) is 30.5 Å². The lowest BCUT2D eigenvalue weighted by Crippen LogP contribution is -2.35. The van der Waals surface area contributed by atoms with Gasteiger partial charge in [0.05, 0.1) is 13.7 Å². The summed E-state index contributed by atoms with van der Waals surface area (Å²) in [5.74, 6) is 0.842. The Bertz CT molecular complexity index is 602. The van der Waals surface area contributed by atoms with E-state index < -0.39 is 18.8 Å². The van der Waals surface area contributed by atoms with Gasteiger partial charge in [0.25, 0.3) is 0 Å². The molecule has 20 heavy (non-hydrogen) atoms. The van der Waals surface area contributed by atoms with Crippen molar-refractivity contribution < 1.29 is 23.0 Å². The van der Waals surface area contributed by atoms with Crippen LogP contribution in [-0.2, 0) is 0 Å². The van der Waals surface area contributed by atoms with Crippen molar-refractivity contribution >= 4 is 16.6 Å². The minimum atomic E-state index is -4.66. The number of ether oxygens (including phenoxy) is 1. The summed E-state index contributed by atoms with van der Waals surface area (Å²) in [6.07, 6.45) is -5.61. The quantitative estimate of drug-likeness (QED) is 0.907. The van der Waals surface area contributed by atoms with Crippen LogP contribution in [0.4, 0.5) is 19.0 Å². The van der Waals surface area contributed by atoms with E-state index in [9.17, 15) is 13.2 Å². The molecule has 1 heterocycles.